The fourth-order valence-electron chi connectivity index (χ4n) is 1.31. The summed E-state index contributed by atoms with van der Waals surface area (Å²) in [5, 5.41) is 18.2. The standard InChI is InChI=1S/C7H14O4/c1-4(8)7-5(10-2)3-6(9)11-7/h4-9H,3H2,1-2H3/t4-,5-,6+,7-/m1/s1. The van der Waals surface area contributed by atoms with Crippen LogP contribution in [0.5, 0.6) is 0 Å². The zero-order valence-electron chi connectivity index (χ0n) is 6.73. The molecule has 4 atom stereocenters. The van der Waals surface area contributed by atoms with Crippen LogP contribution in [0.25, 0.3) is 0 Å². The van der Waals surface area contributed by atoms with Gasteiger partial charge in [-0.3, -0.25) is 0 Å². The maximum Gasteiger partial charge on any atom is 0.157 e. The van der Waals surface area contributed by atoms with Gasteiger partial charge in [-0.25, -0.2) is 0 Å². The molecular weight excluding hydrogens is 148 g/mol. The first-order valence-electron chi connectivity index (χ1n) is 3.69. The van der Waals surface area contributed by atoms with Crippen LogP contribution in [0.3, 0.4) is 0 Å². The second kappa shape index (κ2) is 3.49. The minimum Gasteiger partial charge on any atom is -0.391 e. The van der Waals surface area contributed by atoms with E-state index >= 15 is 0 Å². The molecule has 1 aliphatic heterocycles. The van der Waals surface area contributed by atoms with Gasteiger partial charge in [0.1, 0.15) is 6.10 Å². The number of hydrogen-bond donors (Lipinski definition) is 2. The van der Waals surface area contributed by atoms with Gasteiger partial charge in [0.05, 0.1) is 12.2 Å². The number of aliphatic hydroxyl groups excluding tert-OH is 2. The van der Waals surface area contributed by atoms with Crippen LogP contribution >= 0.6 is 0 Å². The Kier molecular flexibility index (Phi) is 2.84. The molecule has 0 aromatic carbocycles. The molecular formula is C7H14O4. The molecule has 0 aliphatic carbocycles. The van der Waals surface area contributed by atoms with E-state index < -0.39 is 18.5 Å². The van der Waals surface area contributed by atoms with Gasteiger partial charge in [0.2, 0.25) is 0 Å². The van der Waals surface area contributed by atoms with E-state index in [1.807, 2.05) is 0 Å². The van der Waals surface area contributed by atoms with Gasteiger partial charge in [-0.15, -0.1) is 0 Å². The van der Waals surface area contributed by atoms with E-state index in [-0.39, 0.29) is 6.10 Å². The van der Waals surface area contributed by atoms with Crippen molar-refractivity contribution in [3.63, 3.8) is 0 Å². The predicted octanol–water partition coefficient (Wildman–Crippen LogP) is -0.510. The Morgan fingerprint density at radius 1 is 1.64 bits per heavy atom. The Morgan fingerprint density at radius 3 is 2.64 bits per heavy atom. The van der Waals surface area contributed by atoms with Gasteiger partial charge in [-0.1, -0.05) is 0 Å². The van der Waals surface area contributed by atoms with Crippen LogP contribution in [-0.4, -0.2) is 41.9 Å². The van der Waals surface area contributed by atoms with E-state index in [0.29, 0.717) is 6.42 Å². The van der Waals surface area contributed by atoms with Gasteiger partial charge in [0, 0.05) is 13.5 Å². The van der Waals surface area contributed by atoms with Crippen LogP contribution in [-0.2, 0) is 9.47 Å². The quantitative estimate of drug-likeness (QED) is 0.574. The normalized spacial score (nSPS) is 40.9. The van der Waals surface area contributed by atoms with Crippen molar-refractivity contribution in [3.05, 3.63) is 0 Å². The smallest absolute Gasteiger partial charge is 0.157 e. The van der Waals surface area contributed by atoms with Crippen LogP contribution in [0.4, 0.5) is 0 Å². The van der Waals surface area contributed by atoms with Crippen molar-refractivity contribution in [1.29, 1.82) is 0 Å². The number of hydrogen-bond acceptors (Lipinski definition) is 4. The van der Waals surface area contributed by atoms with Gasteiger partial charge in [-0.2, -0.15) is 0 Å². The fourth-order valence-corrected chi connectivity index (χ4v) is 1.31. The monoisotopic (exact) mass is 162 g/mol. The molecule has 4 heteroatoms. The molecule has 0 aromatic rings. The lowest BCUT2D eigenvalue weighted by Gasteiger charge is -2.18. The third kappa shape index (κ3) is 1.90. The van der Waals surface area contributed by atoms with Crippen LogP contribution < -0.4 is 0 Å². The molecule has 1 fully saturated rings. The third-order valence-corrected chi connectivity index (χ3v) is 1.89. The Hall–Kier alpha value is -0.160. The van der Waals surface area contributed by atoms with Crippen molar-refractivity contribution in [2.45, 2.75) is 37.9 Å². The molecule has 1 rings (SSSR count). The minimum atomic E-state index is -0.792. The van der Waals surface area contributed by atoms with E-state index in [0.717, 1.165) is 0 Å². The summed E-state index contributed by atoms with van der Waals surface area (Å²) in [5.74, 6) is 0. The molecule has 66 valence electrons. The fraction of sp³-hybridized carbons (Fsp3) is 1.00. The zero-order valence-corrected chi connectivity index (χ0v) is 6.73. The summed E-state index contributed by atoms with van der Waals surface area (Å²) >= 11 is 0. The average molecular weight is 162 g/mol. The zero-order chi connectivity index (χ0) is 8.43. The van der Waals surface area contributed by atoms with Crippen LogP contribution in [0.1, 0.15) is 13.3 Å². The van der Waals surface area contributed by atoms with Crippen molar-refractivity contribution >= 4 is 0 Å². The van der Waals surface area contributed by atoms with E-state index in [1.54, 1.807) is 14.0 Å². The lowest BCUT2D eigenvalue weighted by Crippen LogP contribution is -2.33. The number of aliphatic hydroxyl groups is 2. The molecule has 0 saturated carbocycles. The summed E-state index contributed by atoms with van der Waals surface area (Å²) in [5.41, 5.74) is 0. The average Bonchev–Trinajstić information content (AvgIpc) is 2.30. The highest BCUT2D eigenvalue weighted by Gasteiger charge is 2.37. The van der Waals surface area contributed by atoms with Gasteiger partial charge < -0.3 is 19.7 Å². The second-order valence-electron chi connectivity index (χ2n) is 2.81. The van der Waals surface area contributed by atoms with Crippen molar-refractivity contribution < 1.29 is 19.7 Å². The summed E-state index contributed by atoms with van der Waals surface area (Å²) in [6.45, 7) is 1.62. The van der Waals surface area contributed by atoms with Crippen LogP contribution in [0.2, 0.25) is 0 Å². The van der Waals surface area contributed by atoms with Crippen LogP contribution in [0.15, 0.2) is 0 Å². The summed E-state index contributed by atoms with van der Waals surface area (Å²) in [6, 6.07) is 0. The first-order valence-corrected chi connectivity index (χ1v) is 3.69. The van der Waals surface area contributed by atoms with E-state index in [1.165, 1.54) is 0 Å². The van der Waals surface area contributed by atoms with Gasteiger partial charge in [0.25, 0.3) is 0 Å². The Morgan fingerprint density at radius 2 is 2.27 bits per heavy atom. The molecule has 0 radical (unpaired) electrons. The van der Waals surface area contributed by atoms with Crippen molar-refractivity contribution in [2.75, 3.05) is 7.11 Å². The van der Waals surface area contributed by atoms with Gasteiger partial charge >= 0.3 is 0 Å². The SMILES string of the molecule is CO[C@@H]1C[C@@H](O)O[C@@H]1[C@@H](C)O. The molecule has 1 heterocycles. The maximum absolute atomic E-state index is 9.16. The molecule has 4 nitrogen and oxygen atoms in total. The first-order chi connectivity index (χ1) is 5.15. The summed E-state index contributed by atoms with van der Waals surface area (Å²) in [7, 11) is 1.54. The molecule has 0 amide bonds. The molecule has 2 N–H and O–H groups in total. The van der Waals surface area contributed by atoms with E-state index in [2.05, 4.69) is 0 Å². The highest BCUT2D eigenvalue weighted by Crippen LogP contribution is 2.23. The Balaban J connectivity index is 2.50. The van der Waals surface area contributed by atoms with Gasteiger partial charge in [-0.05, 0) is 6.92 Å². The van der Waals surface area contributed by atoms with Crippen molar-refractivity contribution in [3.8, 4) is 0 Å². The lowest BCUT2D eigenvalue weighted by atomic mass is 10.1. The number of ether oxygens (including phenoxy) is 2. The molecule has 1 saturated heterocycles. The first kappa shape index (κ1) is 8.93. The Labute approximate surface area is 65.7 Å². The molecule has 0 aromatic heterocycles. The lowest BCUT2D eigenvalue weighted by molar-refractivity contribution is -0.128. The van der Waals surface area contributed by atoms with Gasteiger partial charge in [0.15, 0.2) is 6.29 Å². The molecule has 0 bridgehead atoms. The van der Waals surface area contributed by atoms with Crippen molar-refractivity contribution in [2.24, 2.45) is 0 Å². The second-order valence-corrected chi connectivity index (χ2v) is 2.81. The van der Waals surface area contributed by atoms with Crippen molar-refractivity contribution in [1.82, 2.24) is 0 Å². The summed E-state index contributed by atoms with van der Waals surface area (Å²) < 4.78 is 10.0. The third-order valence-electron chi connectivity index (χ3n) is 1.89. The largest absolute Gasteiger partial charge is 0.391 e. The molecule has 0 spiro atoms. The topological polar surface area (TPSA) is 58.9 Å². The highest BCUT2D eigenvalue weighted by atomic mass is 16.6. The summed E-state index contributed by atoms with van der Waals surface area (Å²) in [6.07, 6.45) is -1.54. The number of rotatable bonds is 2. The molecule has 11 heavy (non-hydrogen) atoms. The Bertz CT molecular complexity index is 126. The minimum absolute atomic E-state index is 0.190. The predicted molar refractivity (Wildman–Crippen MR) is 38.0 cm³/mol. The number of methoxy groups -OCH3 is 1. The maximum atomic E-state index is 9.16. The van der Waals surface area contributed by atoms with Crippen LogP contribution in [0, 0.1) is 0 Å². The molecule has 1 aliphatic rings. The highest BCUT2D eigenvalue weighted by molar-refractivity contribution is 4.82. The van der Waals surface area contributed by atoms with E-state index in [9.17, 15) is 0 Å². The molecule has 0 unspecified atom stereocenters. The summed E-state index contributed by atoms with van der Waals surface area (Å²) in [4.78, 5) is 0. The van der Waals surface area contributed by atoms with E-state index in [4.69, 9.17) is 19.7 Å².